The third-order valence-corrected chi connectivity index (χ3v) is 8.18. The molecule has 0 spiro atoms. The van der Waals surface area contributed by atoms with Crippen LogP contribution >= 0.6 is 0 Å². The highest BCUT2D eigenvalue weighted by Crippen LogP contribution is 2.43. The van der Waals surface area contributed by atoms with Gasteiger partial charge in [-0.2, -0.15) is 0 Å². The summed E-state index contributed by atoms with van der Waals surface area (Å²) in [5.41, 5.74) is 9.32. The summed E-state index contributed by atoms with van der Waals surface area (Å²) in [6.45, 7) is 0. The first kappa shape index (κ1) is 23.7. The topological polar surface area (TPSA) is 55.3 Å². The number of hydrogen-bond acceptors (Lipinski definition) is 5. The Bertz CT molecular complexity index is 2360. The summed E-state index contributed by atoms with van der Waals surface area (Å²) in [7, 11) is 0. The van der Waals surface area contributed by atoms with E-state index in [1.807, 2.05) is 18.2 Å². The zero-order valence-corrected chi connectivity index (χ0v) is 22.9. The lowest BCUT2D eigenvalue weighted by molar-refractivity contribution is 0.667. The predicted molar refractivity (Wildman–Crippen MR) is 174 cm³/mol. The molecule has 0 saturated carbocycles. The molecular weight excluding hydrogens is 530 g/mol. The van der Waals surface area contributed by atoms with E-state index in [0.717, 1.165) is 66.5 Å². The number of furan rings is 2. The minimum atomic E-state index is 0.773. The SMILES string of the molecule is c1ccc(-c2cc(N(c3ccc4c(c3)oc3cnccc34)c3ccc4c(c3)oc3cccnc34)cc3ccccc23)cc1. The molecule has 0 bridgehead atoms. The van der Waals surface area contributed by atoms with E-state index >= 15 is 0 Å². The fourth-order valence-electron chi connectivity index (χ4n) is 6.21. The second-order valence-electron chi connectivity index (χ2n) is 10.7. The Balaban J connectivity index is 1.32. The first-order valence-corrected chi connectivity index (χ1v) is 14.2. The summed E-state index contributed by atoms with van der Waals surface area (Å²) >= 11 is 0. The van der Waals surface area contributed by atoms with Crippen LogP contribution in [0.1, 0.15) is 0 Å². The van der Waals surface area contributed by atoms with Crippen LogP contribution in [0.4, 0.5) is 17.1 Å². The van der Waals surface area contributed by atoms with Crippen molar-refractivity contribution in [2.75, 3.05) is 4.90 Å². The molecule has 0 unspecified atom stereocenters. The number of anilines is 3. The minimum absolute atomic E-state index is 0.773. The maximum atomic E-state index is 6.27. The molecule has 5 aromatic carbocycles. The largest absolute Gasteiger partial charge is 0.454 e. The number of hydrogen-bond donors (Lipinski definition) is 0. The van der Waals surface area contributed by atoms with Crippen molar-refractivity contribution in [1.82, 2.24) is 9.97 Å². The van der Waals surface area contributed by atoms with Gasteiger partial charge in [0.15, 0.2) is 11.2 Å². The van der Waals surface area contributed by atoms with Gasteiger partial charge in [-0.15, -0.1) is 0 Å². The lowest BCUT2D eigenvalue weighted by Gasteiger charge is -2.26. The quantitative estimate of drug-likeness (QED) is 0.217. The first-order chi connectivity index (χ1) is 21.3. The normalized spacial score (nSPS) is 11.7. The molecule has 0 N–H and O–H groups in total. The van der Waals surface area contributed by atoms with Gasteiger partial charge in [0, 0.05) is 57.7 Å². The third-order valence-electron chi connectivity index (χ3n) is 8.18. The molecule has 4 heterocycles. The lowest BCUT2D eigenvalue weighted by Crippen LogP contribution is -2.10. The standard InChI is InChI=1S/C38H23N3O2/c1-2-7-24(8-3-1)33-20-28(19-25-9-4-5-10-29(25)33)41(26-12-14-30-31-16-18-39-23-37(31)43-35(30)21-26)27-13-15-32-36(22-27)42-34-11-6-17-40-38(32)34/h1-23H. The Labute approximate surface area is 246 Å². The molecule has 0 saturated heterocycles. The van der Waals surface area contributed by atoms with Crippen LogP contribution in [0.2, 0.25) is 0 Å². The Hall–Kier alpha value is -5.94. The second-order valence-corrected chi connectivity index (χ2v) is 10.7. The molecule has 0 fully saturated rings. The average Bonchev–Trinajstić information content (AvgIpc) is 3.62. The van der Waals surface area contributed by atoms with Gasteiger partial charge in [-0.3, -0.25) is 9.97 Å². The molecule has 9 rings (SSSR count). The fraction of sp³-hybridized carbons (Fsp3) is 0. The Morgan fingerprint density at radius 1 is 0.488 bits per heavy atom. The number of nitrogens with zero attached hydrogens (tertiary/aromatic N) is 3. The summed E-state index contributed by atoms with van der Waals surface area (Å²) < 4.78 is 12.5. The highest BCUT2D eigenvalue weighted by atomic mass is 16.3. The average molecular weight is 554 g/mol. The van der Waals surface area contributed by atoms with Crippen LogP contribution < -0.4 is 4.90 Å². The van der Waals surface area contributed by atoms with E-state index in [-0.39, 0.29) is 0 Å². The van der Waals surface area contributed by atoms with Crippen LogP contribution in [0.5, 0.6) is 0 Å². The van der Waals surface area contributed by atoms with Crippen molar-refractivity contribution in [3.63, 3.8) is 0 Å². The molecule has 202 valence electrons. The molecule has 0 aliphatic carbocycles. The summed E-state index contributed by atoms with van der Waals surface area (Å²) in [6.07, 6.45) is 5.37. The maximum absolute atomic E-state index is 6.27. The van der Waals surface area contributed by atoms with Gasteiger partial charge in [0.2, 0.25) is 0 Å². The van der Waals surface area contributed by atoms with Crippen molar-refractivity contribution < 1.29 is 8.83 Å². The van der Waals surface area contributed by atoms with Crippen molar-refractivity contribution in [2.24, 2.45) is 0 Å². The number of rotatable bonds is 4. The third kappa shape index (κ3) is 3.79. The van der Waals surface area contributed by atoms with E-state index in [0.29, 0.717) is 0 Å². The van der Waals surface area contributed by atoms with Gasteiger partial charge < -0.3 is 13.7 Å². The monoisotopic (exact) mass is 553 g/mol. The van der Waals surface area contributed by atoms with Crippen molar-refractivity contribution in [1.29, 1.82) is 0 Å². The molecule has 0 aliphatic rings. The lowest BCUT2D eigenvalue weighted by atomic mass is 9.96. The van der Waals surface area contributed by atoms with Crippen LogP contribution in [0.3, 0.4) is 0 Å². The highest BCUT2D eigenvalue weighted by Gasteiger charge is 2.19. The van der Waals surface area contributed by atoms with E-state index in [1.54, 1.807) is 18.6 Å². The molecule has 0 atom stereocenters. The van der Waals surface area contributed by atoms with Crippen molar-refractivity contribution in [3.05, 3.63) is 140 Å². The molecule has 9 aromatic rings. The Kier molecular flexibility index (Phi) is 5.13. The van der Waals surface area contributed by atoms with Crippen molar-refractivity contribution >= 4 is 71.8 Å². The van der Waals surface area contributed by atoms with Crippen LogP contribution in [-0.4, -0.2) is 9.97 Å². The second kappa shape index (κ2) is 9.29. The van der Waals surface area contributed by atoms with Gasteiger partial charge >= 0.3 is 0 Å². The molecule has 43 heavy (non-hydrogen) atoms. The number of fused-ring (bicyclic) bond motifs is 7. The van der Waals surface area contributed by atoms with Gasteiger partial charge in [0.05, 0.1) is 6.20 Å². The van der Waals surface area contributed by atoms with E-state index in [2.05, 4.69) is 118 Å². The fourth-order valence-corrected chi connectivity index (χ4v) is 6.21. The zero-order valence-electron chi connectivity index (χ0n) is 22.9. The maximum Gasteiger partial charge on any atom is 0.153 e. The molecule has 0 radical (unpaired) electrons. The van der Waals surface area contributed by atoms with Gasteiger partial charge in [-0.1, -0.05) is 54.6 Å². The molecule has 0 aliphatic heterocycles. The summed E-state index contributed by atoms with van der Waals surface area (Å²) in [4.78, 5) is 11.1. The van der Waals surface area contributed by atoms with Gasteiger partial charge in [0.25, 0.3) is 0 Å². The van der Waals surface area contributed by atoms with E-state index in [4.69, 9.17) is 8.83 Å². The van der Waals surface area contributed by atoms with Crippen molar-refractivity contribution in [3.8, 4) is 11.1 Å². The van der Waals surface area contributed by atoms with Gasteiger partial charge in [0.1, 0.15) is 16.7 Å². The predicted octanol–water partition coefficient (Wildman–Crippen LogP) is 10.6. The smallest absolute Gasteiger partial charge is 0.153 e. The first-order valence-electron chi connectivity index (χ1n) is 14.2. The number of pyridine rings is 2. The number of aromatic nitrogens is 2. The van der Waals surface area contributed by atoms with Crippen LogP contribution in [-0.2, 0) is 0 Å². The minimum Gasteiger partial charge on any atom is -0.454 e. The van der Waals surface area contributed by atoms with E-state index in [1.165, 1.54) is 16.5 Å². The molecule has 0 amide bonds. The molecule has 5 heteroatoms. The van der Waals surface area contributed by atoms with E-state index < -0.39 is 0 Å². The Morgan fingerprint density at radius 2 is 1.23 bits per heavy atom. The molecule has 4 aromatic heterocycles. The summed E-state index contributed by atoms with van der Waals surface area (Å²) in [5.74, 6) is 0. The zero-order chi connectivity index (χ0) is 28.3. The van der Waals surface area contributed by atoms with Crippen molar-refractivity contribution in [2.45, 2.75) is 0 Å². The molecular formula is C38H23N3O2. The van der Waals surface area contributed by atoms with Crippen LogP contribution in [0.15, 0.2) is 149 Å². The molecule has 5 nitrogen and oxygen atoms in total. The van der Waals surface area contributed by atoms with Crippen LogP contribution in [0, 0.1) is 0 Å². The highest BCUT2D eigenvalue weighted by molar-refractivity contribution is 6.07. The number of benzene rings is 5. The summed E-state index contributed by atoms with van der Waals surface area (Å²) in [6, 6.07) is 42.2. The summed E-state index contributed by atoms with van der Waals surface area (Å²) in [5, 5.41) is 5.47. The van der Waals surface area contributed by atoms with Gasteiger partial charge in [-0.25, -0.2) is 0 Å². The van der Waals surface area contributed by atoms with Gasteiger partial charge in [-0.05, 0) is 76.5 Å². The Morgan fingerprint density at radius 3 is 2.12 bits per heavy atom. The van der Waals surface area contributed by atoms with Crippen LogP contribution in [0.25, 0.3) is 65.9 Å². The van der Waals surface area contributed by atoms with E-state index in [9.17, 15) is 0 Å².